The monoisotopic (exact) mass is 341 g/mol. The molecular formula is C24H23NO. The Morgan fingerprint density at radius 2 is 1.31 bits per heavy atom. The molecule has 0 aliphatic carbocycles. The molecule has 0 radical (unpaired) electrons. The Kier molecular flexibility index (Phi) is 5.22. The van der Waals surface area contributed by atoms with Crippen LogP contribution in [0.5, 0.6) is 0 Å². The van der Waals surface area contributed by atoms with Gasteiger partial charge in [-0.15, -0.1) is 0 Å². The predicted octanol–water partition coefficient (Wildman–Crippen LogP) is 5.44. The molecule has 1 aliphatic heterocycles. The van der Waals surface area contributed by atoms with Crippen LogP contribution in [-0.2, 0) is 4.74 Å². The molecule has 2 heteroatoms. The molecule has 4 rings (SSSR count). The van der Waals surface area contributed by atoms with Crippen molar-refractivity contribution in [2.45, 2.75) is 25.0 Å². The van der Waals surface area contributed by atoms with Crippen LogP contribution in [0.1, 0.15) is 35.6 Å². The highest BCUT2D eigenvalue weighted by Crippen LogP contribution is 2.31. The minimum atomic E-state index is 0.00844. The normalized spacial score (nSPS) is 17.6. The van der Waals surface area contributed by atoms with Crippen molar-refractivity contribution in [2.75, 3.05) is 6.61 Å². The lowest BCUT2D eigenvalue weighted by Crippen LogP contribution is -2.18. The fraction of sp³-hybridized carbons (Fsp3) is 0.208. The van der Waals surface area contributed by atoms with Crippen molar-refractivity contribution in [1.82, 2.24) is 0 Å². The summed E-state index contributed by atoms with van der Waals surface area (Å²) in [5.41, 5.74) is 4.51. The van der Waals surface area contributed by atoms with Crippen LogP contribution in [0, 0.1) is 0 Å². The Morgan fingerprint density at radius 1 is 0.769 bits per heavy atom. The molecule has 0 aromatic heterocycles. The molecule has 2 nitrogen and oxygen atoms in total. The Morgan fingerprint density at radius 3 is 1.81 bits per heavy atom. The molecular weight excluding hydrogens is 318 g/mol. The number of nitrogens with zero attached hydrogens (tertiary/aromatic N) is 1. The molecule has 2 atom stereocenters. The predicted molar refractivity (Wildman–Crippen MR) is 107 cm³/mol. The van der Waals surface area contributed by atoms with E-state index >= 15 is 0 Å². The van der Waals surface area contributed by atoms with Crippen molar-refractivity contribution in [1.29, 1.82) is 0 Å². The zero-order valence-corrected chi connectivity index (χ0v) is 14.8. The van der Waals surface area contributed by atoms with Crippen LogP contribution < -0.4 is 0 Å². The van der Waals surface area contributed by atoms with E-state index in [-0.39, 0.29) is 12.1 Å². The quantitative estimate of drug-likeness (QED) is 0.566. The van der Waals surface area contributed by atoms with Gasteiger partial charge in [0.25, 0.3) is 0 Å². The van der Waals surface area contributed by atoms with E-state index < -0.39 is 0 Å². The Bertz CT molecular complexity index is 796. The molecule has 0 bridgehead atoms. The molecule has 3 aromatic carbocycles. The van der Waals surface area contributed by atoms with Gasteiger partial charge in [0.1, 0.15) is 6.04 Å². The molecule has 26 heavy (non-hydrogen) atoms. The van der Waals surface area contributed by atoms with E-state index in [1.165, 1.54) is 5.56 Å². The first-order valence-corrected chi connectivity index (χ1v) is 9.27. The van der Waals surface area contributed by atoms with Crippen LogP contribution >= 0.6 is 0 Å². The van der Waals surface area contributed by atoms with Gasteiger partial charge < -0.3 is 4.74 Å². The third kappa shape index (κ3) is 3.76. The van der Waals surface area contributed by atoms with Crippen molar-refractivity contribution in [3.8, 4) is 0 Å². The third-order valence-corrected chi connectivity index (χ3v) is 4.82. The summed E-state index contributed by atoms with van der Waals surface area (Å²) in [6.07, 6.45) is 2.30. The summed E-state index contributed by atoms with van der Waals surface area (Å²) in [4.78, 5) is 5.26. The van der Waals surface area contributed by atoms with E-state index in [2.05, 4.69) is 78.9 Å². The average Bonchev–Trinajstić information content (AvgIpc) is 3.25. The van der Waals surface area contributed by atoms with Crippen molar-refractivity contribution >= 4 is 5.71 Å². The maximum absolute atomic E-state index is 6.04. The van der Waals surface area contributed by atoms with Crippen LogP contribution in [0.15, 0.2) is 96.0 Å². The van der Waals surface area contributed by atoms with E-state index in [1.54, 1.807) is 0 Å². The van der Waals surface area contributed by atoms with E-state index in [4.69, 9.17) is 9.73 Å². The molecule has 1 heterocycles. The minimum Gasteiger partial charge on any atom is -0.376 e. The number of ether oxygens (including phenoxy) is 1. The lowest BCUT2D eigenvalue weighted by Gasteiger charge is -2.22. The van der Waals surface area contributed by atoms with E-state index in [0.29, 0.717) is 0 Å². The van der Waals surface area contributed by atoms with Crippen molar-refractivity contribution in [3.05, 3.63) is 108 Å². The smallest absolute Gasteiger partial charge is 0.102 e. The molecule has 0 saturated carbocycles. The summed E-state index contributed by atoms with van der Waals surface area (Å²) >= 11 is 0. The van der Waals surface area contributed by atoms with Crippen LogP contribution in [0.3, 0.4) is 0 Å². The van der Waals surface area contributed by atoms with Gasteiger partial charge in [-0.25, -0.2) is 0 Å². The van der Waals surface area contributed by atoms with Crippen molar-refractivity contribution in [2.24, 2.45) is 4.99 Å². The number of aliphatic imine (C=N–C) groups is 1. The number of benzene rings is 3. The first-order chi connectivity index (χ1) is 12.9. The molecule has 1 fully saturated rings. The maximum atomic E-state index is 6.04. The zero-order valence-electron chi connectivity index (χ0n) is 14.8. The number of hydrogen-bond donors (Lipinski definition) is 0. The zero-order chi connectivity index (χ0) is 17.6. The van der Waals surface area contributed by atoms with E-state index in [0.717, 1.165) is 36.3 Å². The molecule has 0 N–H and O–H groups in total. The van der Waals surface area contributed by atoms with Gasteiger partial charge in [-0.2, -0.15) is 0 Å². The Balaban J connectivity index is 1.82. The van der Waals surface area contributed by atoms with Crippen LogP contribution in [0.4, 0.5) is 0 Å². The Labute approximate surface area is 155 Å². The molecule has 0 unspecified atom stereocenters. The largest absolute Gasteiger partial charge is 0.376 e. The Hall–Kier alpha value is -2.71. The maximum Gasteiger partial charge on any atom is 0.102 e. The number of rotatable bonds is 5. The second kappa shape index (κ2) is 8.11. The van der Waals surface area contributed by atoms with Crippen LogP contribution in [0.25, 0.3) is 0 Å². The highest BCUT2D eigenvalue weighted by atomic mass is 16.5. The highest BCUT2D eigenvalue weighted by molar-refractivity contribution is 6.13. The van der Waals surface area contributed by atoms with Crippen molar-refractivity contribution < 1.29 is 4.74 Å². The number of hydrogen-bond acceptors (Lipinski definition) is 2. The second-order valence-electron chi connectivity index (χ2n) is 6.62. The van der Waals surface area contributed by atoms with Gasteiger partial charge in [0.05, 0.1) is 11.8 Å². The summed E-state index contributed by atoms with van der Waals surface area (Å²) in [6.45, 7) is 0.829. The second-order valence-corrected chi connectivity index (χ2v) is 6.62. The summed E-state index contributed by atoms with van der Waals surface area (Å²) < 4.78 is 6.04. The summed E-state index contributed by atoms with van der Waals surface area (Å²) in [5.74, 6) is 0. The lowest BCUT2D eigenvalue weighted by molar-refractivity contribution is 0.0907. The van der Waals surface area contributed by atoms with Gasteiger partial charge in [0, 0.05) is 17.7 Å². The van der Waals surface area contributed by atoms with Crippen molar-refractivity contribution in [3.63, 3.8) is 0 Å². The summed E-state index contributed by atoms with van der Waals surface area (Å²) in [5, 5.41) is 0. The first-order valence-electron chi connectivity index (χ1n) is 9.27. The highest BCUT2D eigenvalue weighted by Gasteiger charge is 2.27. The molecule has 3 aromatic rings. The van der Waals surface area contributed by atoms with E-state index in [9.17, 15) is 0 Å². The molecule has 0 spiro atoms. The summed E-state index contributed by atoms with van der Waals surface area (Å²) in [6, 6.07) is 31.4. The standard InChI is InChI=1S/C24H23NO/c1-4-11-19(12-5-1)23(20-13-6-2-7-14-20)25-24(22-17-10-18-26-22)21-15-8-3-9-16-21/h1-9,11-16,22,24H,10,17-18H2/t22-,24+/m1/s1. The van der Waals surface area contributed by atoms with Crippen LogP contribution in [-0.4, -0.2) is 18.4 Å². The SMILES string of the molecule is c1ccc(C(=N[C@@H](c2ccccc2)[C@H]2CCCO2)c2ccccc2)cc1. The van der Waals surface area contributed by atoms with Gasteiger partial charge >= 0.3 is 0 Å². The third-order valence-electron chi connectivity index (χ3n) is 4.82. The fourth-order valence-corrected chi connectivity index (χ4v) is 3.52. The molecule has 1 saturated heterocycles. The molecule has 0 amide bonds. The average molecular weight is 341 g/mol. The summed E-state index contributed by atoms with van der Waals surface area (Å²) in [7, 11) is 0. The first kappa shape index (κ1) is 16.7. The van der Waals surface area contributed by atoms with Gasteiger partial charge in [-0.05, 0) is 18.4 Å². The van der Waals surface area contributed by atoms with Gasteiger partial charge in [0.15, 0.2) is 0 Å². The fourth-order valence-electron chi connectivity index (χ4n) is 3.52. The van der Waals surface area contributed by atoms with Gasteiger partial charge in [-0.1, -0.05) is 91.0 Å². The van der Waals surface area contributed by atoms with E-state index in [1.807, 2.05) is 12.1 Å². The molecule has 130 valence electrons. The van der Waals surface area contributed by atoms with Gasteiger partial charge in [-0.3, -0.25) is 4.99 Å². The topological polar surface area (TPSA) is 21.6 Å². The lowest BCUT2D eigenvalue weighted by atomic mass is 9.97. The van der Waals surface area contributed by atoms with Crippen LogP contribution in [0.2, 0.25) is 0 Å². The minimum absolute atomic E-state index is 0.00844. The molecule has 1 aliphatic rings. The van der Waals surface area contributed by atoms with Gasteiger partial charge in [0.2, 0.25) is 0 Å².